The second kappa shape index (κ2) is 8.48. The Hall–Kier alpha value is -2.14. The number of hydrogen-bond donors (Lipinski definition) is 1. The van der Waals surface area contributed by atoms with Gasteiger partial charge >= 0.3 is 0 Å². The van der Waals surface area contributed by atoms with Gasteiger partial charge in [0.1, 0.15) is 0 Å². The molecule has 2 aromatic rings. The van der Waals surface area contributed by atoms with Gasteiger partial charge in [-0.1, -0.05) is 12.3 Å². The molecule has 0 aliphatic carbocycles. The monoisotopic (exact) mass is 460 g/mol. The van der Waals surface area contributed by atoms with Crippen molar-refractivity contribution in [3.63, 3.8) is 0 Å². The van der Waals surface area contributed by atoms with Crippen LogP contribution in [0.25, 0.3) is 0 Å². The average Bonchev–Trinajstić information content (AvgIpc) is 2.69. The molecule has 146 valence electrons. The average molecular weight is 461 g/mol. The standard InChI is InChI=1S/C21H21BrN2O3S/c1-3-16-14-17(7-12-20(16)22)21(25)23-18-8-10-19(11-9-18)28(26,27)24-13-5-4-6-15(24)2/h1,7-12,14-15H,4-6,13H2,2H3,(H,23,25)/t15-/m0/s1. The van der Waals surface area contributed by atoms with Crippen LogP contribution in [-0.2, 0) is 10.0 Å². The number of nitrogens with zero attached hydrogens (tertiary/aromatic N) is 1. The van der Waals surface area contributed by atoms with Crippen LogP contribution in [0.1, 0.15) is 42.1 Å². The SMILES string of the molecule is C#Cc1cc(C(=O)Nc2ccc(S(=O)(=O)N3CCCC[C@@H]3C)cc2)ccc1Br. The van der Waals surface area contributed by atoms with Gasteiger partial charge < -0.3 is 5.32 Å². The summed E-state index contributed by atoms with van der Waals surface area (Å²) >= 11 is 3.33. The molecule has 7 heteroatoms. The molecule has 1 N–H and O–H groups in total. The quantitative estimate of drug-likeness (QED) is 0.693. The van der Waals surface area contributed by atoms with Crippen molar-refractivity contribution in [2.24, 2.45) is 0 Å². The molecule has 1 amide bonds. The molecule has 0 aromatic heterocycles. The Morgan fingerprint density at radius 3 is 2.57 bits per heavy atom. The molecule has 0 bridgehead atoms. The lowest BCUT2D eigenvalue weighted by Crippen LogP contribution is -2.41. The third kappa shape index (κ3) is 4.30. The normalized spacial score (nSPS) is 17.7. The Balaban J connectivity index is 1.76. The van der Waals surface area contributed by atoms with Gasteiger partial charge in [0.15, 0.2) is 0 Å². The Labute approximate surface area is 174 Å². The molecule has 1 heterocycles. The van der Waals surface area contributed by atoms with E-state index >= 15 is 0 Å². The van der Waals surface area contributed by atoms with Crippen LogP contribution in [0.3, 0.4) is 0 Å². The molecule has 1 fully saturated rings. The van der Waals surface area contributed by atoms with Gasteiger partial charge in [-0.15, -0.1) is 6.42 Å². The molecule has 0 spiro atoms. The summed E-state index contributed by atoms with van der Waals surface area (Å²) in [6.45, 7) is 2.48. The van der Waals surface area contributed by atoms with Gasteiger partial charge in [-0.25, -0.2) is 8.42 Å². The van der Waals surface area contributed by atoms with E-state index in [2.05, 4.69) is 27.2 Å². The van der Waals surface area contributed by atoms with Crippen LogP contribution < -0.4 is 5.32 Å². The van der Waals surface area contributed by atoms with Crippen molar-refractivity contribution in [3.05, 3.63) is 58.1 Å². The minimum absolute atomic E-state index is 0.000819. The first-order chi connectivity index (χ1) is 13.3. The van der Waals surface area contributed by atoms with E-state index in [0.29, 0.717) is 23.4 Å². The lowest BCUT2D eigenvalue weighted by molar-refractivity contribution is 0.102. The first kappa shape index (κ1) is 20.6. The van der Waals surface area contributed by atoms with Crippen molar-refractivity contribution in [1.82, 2.24) is 4.31 Å². The van der Waals surface area contributed by atoms with Gasteiger partial charge in [0.05, 0.1) is 4.90 Å². The minimum Gasteiger partial charge on any atom is -0.322 e. The zero-order valence-corrected chi connectivity index (χ0v) is 17.9. The summed E-state index contributed by atoms with van der Waals surface area (Å²) in [5.41, 5.74) is 1.53. The highest BCUT2D eigenvalue weighted by molar-refractivity contribution is 9.10. The zero-order valence-electron chi connectivity index (χ0n) is 15.5. The molecule has 1 saturated heterocycles. The van der Waals surface area contributed by atoms with Gasteiger partial charge in [0.2, 0.25) is 10.0 Å². The Morgan fingerprint density at radius 2 is 1.93 bits per heavy atom. The molecule has 1 atom stereocenters. The van der Waals surface area contributed by atoms with E-state index < -0.39 is 10.0 Å². The number of carbonyl (C=O) groups excluding carboxylic acids is 1. The van der Waals surface area contributed by atoms with E-state index in [-0.39, 0.29) is 16.8 Å². The van der Waals surface area contributed by atoms with E-state index in [9.17, 15) is 13.2 Å². The maximum atomic E-state index is 12.9. The van der Waals surface area contributed by atoms with Crippen molar-refractivity contribution >= 4 is 37.5 Å². The Morgan fingerprint density at radius 1 is 1.21 bits per heavy atom. The number of anilines is 1. The van der Waals surface area contributed by atoms with Gasteiger partial charge in [-0.2, -0.15) is 4.31 Å². The predicted octanol–water partition coefficient (Wildman–Crippen LogP) is 4.25. The van der Waals surface area contributed by atoms with Crippen molar-refractivity contribution in [2.45, 2.75) is 37.1 Å². The number of halogens is 1. The lowest BCUT2D eigenvalue weighted by Gasteiger charge is -2.32. The molecule has 0 radical (unpaired) electrons. The van der Waals surface area contributed by atoms with Crippen LogP contribution in [0.5, 0.6) is 0 Å². The Kier molecular flexibility index (Phi) is 6.23. The molecular formula is C21H21BrN2O3S. The van der Waals surface area contributed by atoms with Gasteiger partial charge in [-0.3, -0.25) is 4.79 Å². The maximum absolute atomic E-state index is 12.9. The number of piperidine rings is 1. The van der Waals surface area contributed by atoms with Crippen LogP contribution in [0, 0.1) is 12.3 Å². The summed E-state index contributed by atoms with van der Waals surface area (Å²) in [4.78, 5) is 12.7. The molecule has 2 aromatic carbocycles. The topological polar surface area (TPSA) is 66.5 Å². The molecule has 5 nitrogen and oxygen atoms in total. The van der Waals surface area contributed by atoms with Crippen LogP contribution >= 0.6 is 15.9 Å². The summed E-state index contributed by atoms with van der Waals surface area (Å²) < 4.78 is 28.0. The number of amides is 1. The Bertz CT molecular complexity index is 1030. The smallest absolute Gasteiger partial charge is 0.255 e. The molecule has 1 aliphatic heterocycles. The maximum Gasteiger partial charge on any atom is 0.255 e. The fraction of sp³-hybridized carbons (Fsp3) is 0.286. The second-order valence-corrected chi connectivity index (χ2v) is 9.52. The van der Waals surface area contributed by atoms with Crippen LogP contribution in [0.15, 0.2) is 51.8 Å². The number of sulfonamides is 1. The highest BCUT2D eigenvalue weighted by Gasteiger charge is 2.30. The summed E-state index contributed by atoms with van der Waals surface area (Å²) in [7, 11) is -3.53. The summed E-state index contributed by atoms with van der Waals surface area (Å²) in [6, 6.07) is 11.3. The summed E-state index contributed by atoms with van der Waals surface area (Å²) in [6.07, 6.45) is 8.23. The van der Waals surface area contributed by atoms with Crippen molar-refractivity contribution < 1.29 is 13.2 Å². The van der Waals surface area contributed by atoms with Gasteiger partial charge in [-0.05, 0) is 78.2 Å². The van der Waals surface area contributed by atoms with Gasteiger partial charge in [0.25, 0.3) is 5.91 Å². The molecule has 0 unspecified atom stereocenters. The molecule has 28 heavy (non-hydrogen) atoms. The van der Waals surface area contributed by atoms with Crippen LogP contribution in [0.2, 0.25) is 0 Å². The zero-order chi connectivity index (χ0) is 20.3. The fourth-order valence-electron chi connectivity index (χ4n) is 3.25. The van der Waals surface area contributed by atoms with Crippen molar-refractivity contribution in [2.75, 3.05) is 11.9 Å². The molecule has 3 rings (SSSR count). The number of hydrogen-bond acceptors (Lipinski definition) is 3. The van der Waals surface area contributed by atoms with E-state index in [0.717, 1.165) is 23.7 Å². The highest BCUT2D eigenvalue weighted by Crippen LogP contribution is 2.26. The predicted molar refractivity (Wildman–Crippen MR) is 114 cm³/mol. The second-order valence-electron chi connectivity index (χ2n) is 6.78. The number of nitrogens with one attached hydrogen (secondary N) is 1. The lowest BCUT2D eigenvalue weighted by atomic mass is 10.1. The largest absolute Gasteiger partial charge is 0.322 e. The highest BCUT2D eigenvalue weighted by atomic mass is 79.9. The van der Waals surface area contributed by atoms with Gasteiger partial charge in [0, 0.05) is 33.9 Å². The van der Waals surface area contributed by atoms with E-state index in [1.807, 2.05) is 6.92 Å². The summed E-state index contributed by atoms with van der Waals surface area (Å²) in [5.74, 6) is 2.20. The van der Waals surface area contributed by atoms with E-state index in [4.69, 9.17) is 6.42 Å². The number of carbonyl (C=O) groups is 1. The third-order valence-electron chi connectivity index (χ3n) is 4.84. The number of benzene rings is 2. The van der Waals surface area contributed by atoms with Crippen LogP contribution in [0.4, 0.5) is 5.69 Å². The number of rotatable bonds is 4. The molecule has 0 saturated carbocycles. The van der Waals surface area contributed by atoms with Crippen LogP contribution in [-0.4, -0.2) is 31.2 Å². The van der Waals surface area contributed by atoms with E-state index in [1.54, 1.807) is 34.6 Å². The van der Waals surface area contributed by atoms with Crippen molar-refractivity contribution in [1.29, 1.82) is 0 Å². The first-order valence-corrected chi connectivity index (χ1v) is 11.3. The third-order valence-corrected chi connectivity index (χ3v) is 7.56. The van der Waals surface area contributed by atoms with E-state index in [1.165, 1.54) is 12.1 Å². The van der Waals surface area contributed by atoms with Crippen molar-refractivity contribution in [3.8, 4) is 12.3 Å². The molecule has 1 aliphatic rings. The minimum atomic E-state index is -3.53. The summed E-state index contributed by atoms with van der Waals surface area (Å²) in [5, 5.41) is 2.76. The fourth-order valence-corrected chi connectivity index (χ4v) is 5.32. The molecular weight excluding hydrogens is 440 g/mol. The number of terminal acetylenes is 1. The first-order valence-electron chi connectivity index (χ1n) is 9.02.